The summed E-state index contributed by atoms with van der Waals surface area (Å²) >= 11 is 5.87. The van der Waals surface area contributed by atoms with Gasteiger partial charge in [-0.05, 0) is 23.8 Å². The molecule has 0 saturated carbocycles. The number of imidazole rings is 1. The van der Waals surface area contributed by atoms with E-state index in [4.69, 9.17) is 11.6 Å². The number of hydrogen-bond donors (Lipinski definition) is 0. The molecule has 0 atom stereocenters. The third-order valence-electron chi connectivity index (χ3n) is 3.29. The molecule has 106 valence electrons. The zero-order valence-corrected chi connectivity index (χ0v) is 11.8. The fourth-order valence-electron chi connectivity index (χ4n) is 2.28. The van der Waals surface area contributed by atoms with Crippen LogP contribution in [0.3, 0.4) is 0 Å². The van der Waals surface area contributed by atoms with E-state index in [1.54, 1.807) is 23.0 Å². The number of hydrogen-bond acceptors (Lipinski definition) is 2. The Labute approximate surface area is 126 Å². The van der Waals surface area contributed by atoms with Gasteiger partial charge in [0.2, 0.25) is 0 Å². The Morgan fingerprint density at radius 1 is 1.19 bits per heavy atom. The summed E-state index contributed by atoms with van der Waals surface area (Å²) in [6.45, 7) is 0.188. The van der Waals surface area contributed by atoms with E-state index < -0.39 is 5.82 Å². The zero-order chi connectivity index (χ0) is 14.8. The lowest BCUT2D eigenvalue weighted by Crippen LogP contribution is -2.12. The number of carbonyl (C=O) groups is 1. The molecule has 0 unspecified atom stereocenters. The minimum absolute atomic E-state index is 0.0151. The number of rotatable bonds is 4. The van der Waals surface area contributed by atoms with Crippen molar-refractivity contribution in [3.63, 3.8) is 0 Å². The molecule has 3 rings (SSSR count). The molecule has 2 aromatic carbocycles. The van der Waals surface area contributed by atoms with Crippen LogP contribution in [0.5, 0.6) is 0 Å². The quantitative estimate of drug-likeness (QED) is 0.737. The summed E-state index contributed by atoms with van der Waals surface area (Å²) in [6, 6.07) is 12.1. The number of nitrogens with zero attached hydrogens (tertiary/aromatic N) is 2. The van der Waals surface area contributed by atoms with Gasteiger partial charge in [-0.2, -0.15) is 0 Å². The molecule has 1 heterocycles. The monoisotopic (exact) mass is 302 g/mol. The van der Waals surface area contributed by atoms with E-state index in [2.05, 4.69) is 4.98 Å². The Morgan fingerprint density at radius 2 is 2.00 bits per heavy atom. The van der Waals surface area contributed by atoms with E-state index in [-0.39, 0.29) is 23.8 Å². The molecule has 1 aromatic heterocycles. The van der Waals surface area contributed by atoms with Crippen molar-refractivity contribution in [2.45, 2.75) is 13.0 Å². The number of carbonyl (C=O) groups excluding carboxylic acids is 1. The first-order valence-corrected chi connectivity index (χ1v) is 6.87. The maximum absolute atomic E-state index is 13.4. The van der Waals surface area contributed by atoms with Crippen LogP contribution in [0.4, 0.5) is 4.39 Å². The van der Waals surface area contributed by atoms with Gasteiger partial charge in [-0.15, -0.1) is 0 Å². The van der Waals surface area contributed by atoms with Crippen molar-refractivity contribution in [1.82, 2.24) is 9.55 Å². The first-order chi connectivity index (χ1) is 10.1. The van der Waals surface area contributed by atoms with Gasteiger partial charge in [0.25, 0.3) is 0 Å². The van der Waals surface area contributed by atoms with Gasteiger partial charge >= 0.3 is 0 Å². The maximum Gasteiger partial charge on any atom is 0.156 e. The normalized spacial score (nSPS) is 11.0. The van der Waals surface area contributed by atoms with Crippen molar-refractivity contribution in [3.05, 3.63) is 65.2 Å². The standard InChI is InChI=1S/C16H12ClFN2O/c17-16-11(4-3-5-13(16)18)8-12(21)9-20-10-19-14-6-1-2-7-15(14)20/h1-7,10H,8-9H2. The van der Waals surface area contributed by atoms with Crippen molar-refractivity contribution in [2.75, 3.05) is 0 Å². The molecule has 0 spiro atoms. The van der Waals surface area contributed by atoms with Gasteiger partial charge in [-0.1, -0.05) is 35.9 Å². The third-order valence-corrected chi connectivity index (χ3v) is 3.72. The predicted octanol–water partition coefficient (Wildman–Crippen LogP) is 3.64. The molecular formula is C16H12ClFN2O. The molecule has 0 radical (unpaired) electrons. The molecule has 3 nitrogen and oxygen atoms in total. The summed E-state index contributed by atoms with van der Waals surface area (Å²) in [4.78, 5) is 16.4. The number of fused-ring (bicyclic) bond motifs is 1. The van der Waals surface area contributed by atoms with Crippen LogP contribution in [0, 0.1) is 5.82 Å². The minimum atomic E-state index is -0.505. The fraction of sp³-hybridized carbons (Fsp3) is 0.125. The lowest BCUT2D eigenvalue weighted by Gasteiger charge is -2.06. The van der Waals surface area contributed by atoms with Crippen molar-refractivity contribution >= 4 is 28.4 Å². The highest BCUT2D eigenvalue weighted by molar-refractivity contribution is 6.31. The molecule has 0 N–H and O–H groups in total. The Morgan fingerprint density at radius 3 is 2.86 bits per heavy atom. The van der Waals surface area contributed by atoms with Crippen LogP contribution < -0.4 is 0 Å². The number of Topliss-reactive ketones (excluding diaryl/α,β-unsaturated/α-hetero) is 1. The largest absolute Gasteiger partial charge is 0.323 e. The van der Waals surface area contributed by atoms with Crippen LogP contribution in [0.1, 0.15) is 5.56 Å². The van der Waals surface area contributed by atoms with Crippen molar-refractivity contribution in [2.24, 2.45) is 0 Å². The summed E-state index contributed by atoms with van der Waals surface area (Å²) in [5.74, 6) is -0.555. The molecule has 0 aliphatic heterocycles. The second-order valence-electron chi connectivity index (χ2n) is 4.79. The van der Waals surface area contributed by atoms with Gasteiger partial charge in [-0.3, -0.25) is 4.79 Å². The molecule has 5 heteroatoms. The average Bonchev–Trinajstić information content (AvgIpc) is 2.87. The van der Waals surface area contributed by atoms with Gasteiger partial charge in [0.05, 0.1) is 28.9 Å². The topological polar surface area (TPSA) is 34.9 Å². The van der Waals surface area contributed by atoms with Gasteiger partial charge in [-0.25, -0.2) is 9.37 Å². The number of aromatic nitrogens is 2. The zero-order valence-electron chi connectivity index (χ0n) is 11.1. The third kappa shape index (κ3) is 2.81. The smallest absolute Gasteiger partial charge is 0.156 e. The number of halogens is 2. The molecule has 0 amide bonds. The number of para-hydroxylation sites is 2. The van der Waals surface area contributed by atoms with Crippen LogP contribution in [0.15, 0.2) is 48.8 Å². The van der Waals surface area contributed by atoms with Crippen molar-refractivity contribution < 1.29 is 9.18 Å². The van der Waals surface area contributed by atoms with E-state index >= 15 is 0 Å². The van der Waals surface area contributed by atoms with E-state index in [1.807, 2.05) is 24.3 Å². The highest BCUT2D eigenvalue weighted by atomic mass is 35.5. The summed E-state index contributed by atoms with van der Waals surface area (Å²) in [5, 5.41) is 0.0151. The van der Waals surface area contributed by atoms with Gasteiger partial charge in [0.1, 0.15) is 5.82 Å². The second kappa shape index (κ2) is 5.66. The molecule has 0 aliphatic carbocycles. The molecule has 3 aromatic rings. The van der Waals surface area contributed by atoms with Crippen LogP contribution >= 0.6 is 11.6 Å². The van der Waals surface area contributed by atoms with Crippen LogP contribution in [0.25, 0.3) is 11.0 Å². The summed E-state index contributed by atoms with van der Waals surface area (Å²) in [6.07, 6.45) is 1.73. The summed E-state index contributed by atoms with van der Waals surface area (Å²) < 4.78 is 15.1. The number of benzene rings is 2. The molecule has 0 aliphatic rings. The first-order valence-electron chi connectivity index (χ1n) is 6.49. The SMILES string of the molecule is O=C(Cc1cccc(F)c1Cl)Cn1cnc2ccccc21. The maximum atomic E-state index is 13.4. The molecule has 21 heavy (non-hydrogen) atoms. The minimum Gasteiger partial charge on any atom is -0.323 e. The van der Waals surface area contributed by atoms with E-state index in [1.165, 1.54) is 6.07 Å². The average molecular weight is 303 g/mol. The Bertz CT molecular complexity index is 813. The highest BCUT2D eigenvalue weighted by Gasteiger charge is 2.12. The Balaban J connectivity index is 1.79. The van der Waals surface area contributed by atoms with Gasteiger partial charge in [0.15, 0.2) is 5.78 Å². The summed E-state index contributed by atoms with van der Waals surface area (Å²) in [7, 11) is 0. The van der Waals surface area contributed by atoms with Gasteiger partial charge in [0, 0.05) is 6.42 Å². The molecule has 0 saturated heterocycles. The summed E-state index contributed by atoms with van der Waals surface area (Å²) in [5.41, 5.74) is 2.25. The number of ketones is 1. The van der Waals surface area contributed by atoms with Crippen LogP contribution in [-0.4, -0.2) is 15.3 Å². The second-order valence-corrected chi connectivity index (χ2v) is 5.17. The molecule has 0 fully saturated rings. The van der Waals surface area contributed by atoms with Gasteiger partial charge < -0.3 is 4.57 Å². The Kier molecular flexibility index (Phi) is 3.71. The molecule has 0 bridgehead atoms. The molecular weight excluding hydrogens is 291 g/mol. The van der Waals surface area contributed by atoms with Crippen molar-refractivity contribution in [1.29, 1.82) is 0 Å². The Hall–Kier alpha value is -2.20. The first kappa shape index (κ1) is 13.8. The van der Waals surface area contributed by atoms with E-state index in [0.717, 1.165) is 11.0 Å². The highest BCUT2D eigenvalue weighted by Crippen LogP contribution is 2.20. The lowest BCUT2D eigenvalue weighted by molar-refractivity contribution is -0.118. The van der Waals surface area contributed by atoms with E-state index in [0.29, 0.717) is 5.56 Å². The van der Waals surface area contributed by atoms with Crippen LogP contribution in [-0.2, 0) is 17.8 Å². The lowest BCUT2D eigenvalue weighted by atomic mass is 10.1. The predicted molar refractivity (Wildman–Crippen MR) is 79.9 cm³/mol. The van der Waals surface area contributed by atoms with E-state index in [9.17, 15) is 9.18 Å². The fourth-order valence-corrected chi connectivity index (χ4v) is 2.47. The van der Waals surface area contributed by atoms with Crippen molar-refractivity contribution in [3.8, 4) is 0 Å². The van der Waals surface area contributed by atoms with Crippen LogP contribution in [0.2, 0.25) is 5.02 Å².